The molecule has 3 rings (SSSR count). The number of benzene rings is 2. The quantitative estimate of drug-likeness (QED) is 0.308. The van der Waals surface area contributed by atoms with Gasteiger partial charge in [0.25, 0.3) is 5.69 Å². The van der Waals surface area contributed by atoms with E-state index >= 15 is 0 Å². The maximum absolute atomic E-state index is 10.7. The summed E-state index contributed by atoms with van der Waals surface area (Å²) in [5.74, 6) is 1.32. The summed E-state index contributed by atoms with van der Waals surface area (Å²) in [7, 11) is 0. The molecule has 2 aromatic carbocycles. The van der Waals surface area contributed by atoms with Crippen molar-refractivity contribution < 1.29 is 9.66 Å². The first-order valence-corrected chi connectivity index (χ1v) is 8.19. The van der Waals surface area contributed by atoms with Crippen molar-refractivity contribution in [3.63, 3.8) is 0 Å². The van der Waals surface area contributed by atoms with Crippen molar-refractivity contribution in [1.82, 2.24) is 14.9 Å². The Morgan fingerprint density at radius 3 is 2.58 bits per heavy atom. The third-order valence-corrected chi connectivity index (χ3v) is 3.76. The van der Waals surface area contributed by atoms with Crippen LogP contribution < -0.4 is 4.74 Å². The van der Waals surface area contributed by atoms with Crippen LogP contribution in [0.25, 0.3) is 11.4 Å². The summed E-state index contributed by atoms with van der Waals surface area (Å²) in [6.45, 7) is 2.52. The van der Waals surface area contributed by atoms with Crippen LogP contribution in [-0.4, -0.2) is 32.6 Å². The molecule has 3 aromatic rings. The van der Waals surface area contributed by atoms with Gasteiger partial charge < -0.3 is 4.74 Å². The molecule has 0 unspecified atom stereocenters. The van der Waals surface area contributed by atoms with Gasteiger partial charge in [-0.3, -0.25) is 10.1 Å². The van der Waals surface area contributed by atoms with Gasteiger partial charge in [-0.05, 0) is 61.1 Å². The van der Waals surface area contributed by atoms with Crippen LogP contribution in [-0.2, 0) is 0 Å². The first-order valence-electron chi connectivity index (χ1n) is 7.78. The molecule has 0 saturated heterocycles. The number of hydrogen-bond acceptors (Lipinski definition) is 6. The molecule has 0 aliphatic heterocycles. The third kappa shape index (κ3) is 3.83. The number of aromatic amines is 1. The molecule has 0 saturated carbocycles. The molecule has 1 N–H and O–H groups in total. The molecule has 0 aliphatic rings. The number of ether oxygens (including phenoxy) is 1. The largest absolute Gasteiger partial charge is 0.494 e. The standard InChI is InChI=1S/C17H15N5O3S/c1-2-25-15-9-5-13(6-10-15)16-19-20-17(26)21(16)18-11-12-3-7-14(8-4-12)22(23)24/h3-11H,2H2,1H3,(H,20,26)/b18-11-. The zero-order valence-corrected chi connectivity index (χ0v) is 14.6. The summed E-state index contributed by atoms with van der Waals surface area (Å²) in [5.41, 5.74) is 1.55. The van der Waals surface area contributed by atoms with Crippen molar-refractivity contribution in [3.8, 4) is 17.1 Å². The fraction of sp³-hybridized carbons (Fsp3) is 0.118. The average Bonchev–Trinajstić information content (AvgIpc) is 3.02. The second-order valence-electron chi connectivity index (χ2n) is 5.21. The number of nitro benzene ring substituents is 1. The van der Waals surface area contributed by atoms with Crippen LogP contribution >= 0.6 is 12.2 Å². The fourth-order valence-corrected chi connectivity index (χ4v) is 2.44. The smallest absolute Gasteiger partial charge is 0.269 e. The minimum absolute atomic E-state index is 0.0251. The monoisotopic (exact) mass is 369 g/mol. The highest BCUT2D eigenvalue weighted by molar-refractivity contribution is 7.71. The van der Waals surface area contributed by atoms with Gasteiger partial charge in [0.05, 0.1) is 17.7 Å². The normalized spacial score (nSPS) is 11.0. The highest BCUT2D eigenvalue weighted by Crippen LogP contribution is 2.21. The number of nitrogens with one attached hydrogen (secondary N) is 1. The number of rotatable bonds is 6. The van der Waals surface area contributed by atoms with E-state index in [4.69, 9.17) is 17.0 Å². The number of H-pyrrole nitrogens is 1. The van der Waals surface area contributed by atoms with E-state index in [0.717, 1.165) is 11.3 Å². The van der Waals surface area contributed by atoms with E-state index in [1.165, 1.54) is 16.8 Å². The van der Waals surface area contributed by atoms with E-state index in [9.17, 15) is 10.1 Å². The Morgan fingerprint density at radius 2 is 1.96 bits per heavy atom. The van der Waals surface area contributed by atoms with Gasteiger partial charge >= 0.3 is 0 Å². The van der Waals surface area contributed by atoms with Crippen LogP contribution in [0.1, 0.15) is 12.5 Å². The van der Waals surface area contributed by atoms with E-state index in [2.05, 4.69) is 15.3 Å². The van der Waals surface area contributed by atoms with Gasteiger partial charge in [0.1, 0.15) is 5.75 Å². The number of nitro groups is 1. The van der Waals surface area contributed by atoms with Crippen LogP contribution in [0.3, 0.4) is 0 Å². The van der Waals surface area contributed by atoms with Gasteiger partial charge in [0, 0.05) is 17.7 Å². The van der Waals surface area contributed by atoms with Crippen molar-refractivity contribution in [2.75, 3.05) is 6.61 Å². The molecule has 8 nitrogen and oxygen atoms in total. The second kappa shape index (κ2) is 7.70. The minimum atomic E-state index is -0.447. The first kappa shape index (κ1) is 17.5. The zero-order valence-electron chi connectivity index (χ0n) is 13.8. The summed E-state index contributed by atoms with van der Waals surface area (Å²) in [4.78, 5) is 10.3. The summed E-state index contributed by atoms with van der Waals surface area (Å²) in [5, 5.41) is 22.0. The van der Waals surface area contributed by atoms with Crippen molar-refractivity contribution in [3.05, 3.63) is 69.0 Å². The lowest BCUT2D eigenvalue weighted by molar-refractivity contribution is -0.384. The molecular weight excluding hydrogens is 354 g/mol. The van der Waals surface area contributed by atoms with Crippen LogP contribution in [0.4, 0.5) is 5.69 Å². The molecule has 0 atom stereocenters. The molecule has 0 fully saturated rings. The first-order chi connectivity index (χ1) is 12.6. The molecule has 1 aromatic heterocycles. The number of non-ortho nitro benzene ring substituents is 1. The lowest BCUT2D eigenvalue weighted by Crippen LogP contribution is -1.96. The highest BCUT2D eigenvalue weighted by atomic mass is 32.1. The number of nitrogens with zero attached hydrogens (tertiary/aromatic N) is 4. The van der Waals surface area contributed by atoms with E-state index in [1.807, 2.05) is 31.2 Å². The third-order valence-electron chi connectivity index (χ3n) is 3.50. The van der Waals surface area contributed by atoms with Crippen molar-refractivity contribution in [2.45, 2.75) is 6.92 Å². The van der Waals surface area contributed by atoms with E-state index in [1.54, 1.807) is 18.3 Å². The van der Waals surface area contributed by atoms with Crippen molar-refractivity contribution in [1.29, 1.82) is 0 Å². The van der Waals surface area contributed by atoms with E-state index < -0.39 is 4.92 Å². The number of aromatic nitrogens is 3. The Bertz CT molecular complexity index is 990. The van der Waals surface area contributed by atoms with E-state index in [0.29, 0.717) is 22.8 Å². The lowest BCUT2D eigenvalue weighted by Gasteiger charge is -2.04. The maximum atomic E-state index is 10.7. The van der Waals surface area contributed by atoms with Crippen LogP contribution in [0, 0.1) is 14.9 Å². The average molecular weight is 369 g/mol. The number of hydrogen-bond donors (Lipinski definition) is 1. The van der Waals surface area contributed by atoms with Crippen molar-refractivity contribution in [2.24, 2.45) is 5.10 Å². The lowest BCUT2D eigenvalue weighted by atomic mass is 10.2. The van der Waals surface area contributed by atoms with E-state index in [-0.39, 0.29) is 5.69 Å². The van der Waals surface area contributed by atoms with Gasteiger partial charge in [-0.15, -0.1) is 0 Å². The molecule has 0 bridgehead atoms. The van der Waals surface area contributed by atoms with Gasteiger partial charge in [-0.1, -0.05) is 0 Å². The van der Waals surface area contributed by atoms with Crippen LogP contribution in [0.2, 0.25) is 0 Å². The summed E-state index contributed by atoms with van der Waals surface area (Å²) >= 11 is 5.23. The predicted octanol–water partition coefficient (Wildman–Crippen LogP) is 3.80. The van der Waals surface area contributed by atoms with Gasteiger partial charge in [0.15, 0.2) is 5.82 Å². The fourth-order valence-electron chi connectivity index (χ4n) is 2.26. The minimum Gasteiger partial charge on any atom is -0.494 e. The zero-order chi connectivity index (χ0) is 18.5. The molecular formula is C17H15N5O3S. The predicted molar refractivity (Wildman–Crippen MR) is 100 cm³/mol. The Hall–Kier alpha value is -3.33. The molecule has 1 heterocycles. The van der Waals surface area contributed by atoms with Gasteiger partial charge in [-0.2, -0.15) is 14.9 Å². The molecule has 0 spiro atoms. The van der Waals surface area contributed by atoms with Crippen molar-refractivity contribution >= 4 is 24.1 Å². The molecule has 0 aliphatic carbocycles. The Morgan fingerprint density at radius 1 is 1.27 bits per heavy atom. The molecule has 132 valence electrons. The maximum Gasteiger partial charge on any atom is 0.269 e. The Labute approximate surface area is 153 Å². The topological polar surface area (TPSA) is 98.3 Å². The molecule has 9 heteroatoms. The SMILES string of the molecule is CCOc1ccc(-c2n[nH]c(=S)n2/N=C\c2ccc([N+](=O)[O-])cc2)cc1. The summed E-state index contributed by atoms with van der Waals surface area (Å²) in [6.07, 6.45) is 1.56. The summed E-state index contributed by atoms with van der Waals surface area (Å²) in [6, 6.07) is 13.5. The van der Waals surface area contributed by atoms with Gasteiger partial charge in [-0.25, -0.2) is 5.10 Å². The summed E-state index contributed by atoms with van der Waals surface area (Å²) < 4.78 is 7.26. The highest BCUT2D eigenvalue weighted by Gasteiger charge is 2.08. The second-order valence-corrected chi connectivity index (χ2v) is 5.60. The van der Waals surface area contributed by atoms with Gasteiger partial charge in [0.2, 0.25) is 4.77 Å². The Kier molecular flexibility index (Phi) is 5.18. The van der Waals surface area contributed by atoms with Crippen LogP contribution in [0.5, 0.6) is 5.75 Å². The Balaban J connectivity index is 1.88. The molecule has 0 radical (unpaired) electrons. The molecule has 26 heavy (non-hydrogen) atoms. The molecule has 0 amide bonds. The van der Waals surface area contributed by atoms with Crippen LogP contribution in [0.15, 0.2) is 53.6 Å².